The summed E-state index contributed by atoms with van der Waals surface area (Å²) in [5.41, 5.74) is 0. The molecule has 0 bridgehead atoms. The molecule has 0 heterocycles. The summed E-state index contributed by atoms with van der Waals surface area (Å²) in [5.74, 6) is 3.64. The van der Waals surface area contributed by atoms with Gasteiger partial charge >= 0.3 is 0 Å². The summed E-state index contributed by atoms with van der Waals surface area (Å²) in [6.45, 7) is 13.4. The SMILES string of the molecule is CC(C)CCC[C@@H](C)CCC[C@@H](C)CCC[C@H](C)CC[N+](C)(C)C. The Kier molecular flexibility index (Phi) is 13.2. The van der Waals surface area contributed by atoms with Crippen LogP contribution in [0.2, 0.25) is 0 Å². The molecule has 0 aliphatic carbocycles. The van der Waals surface area contributed by atoms with Crippen LogP contribution in [0, 0.1) is 23.7 Å². The van der Waals surface area contributed by atoms with Gasteiger partial charge in [0.25, 0.3) is 0 Å². The lowest BCUT2D eigenvalue weighted by Crippen LogP contribution is -2.36. The van der Waals surface area contributed by atoms with Crippen LogP contribution in [0.3, 0.4) is 0 Å². The zero-order valence-corrected chi connectivity index (χ0v) is 18.5. The molecule has 24 heavy (non-hydrogen) atoms. The number of rotatable bonds is 15. The normalized spacial score (nSPS) is 16.4. The maximum atomic E-state index is 2.47. The lowest BCUT2D eigenvalue weighted by molar-refractivity contribution is -0.870. The van der Waals surface area contributed by atoms with Crippen LogP contribution in [0.25, 0.3) is 0 Å². The highest BCUT2D eigenvalue weighted by Crippen LogP contribution is 2.22. The molecule has 0 fully saturated rings. The van der Waals surface area contributed by atoms with Crippen LogP contribution in [-0.2, 0) is 0 Å². The van der Waals surface area contributed by atoms with E-state index < -0.39 is 0 Å². The third-order valence-corrected chi connectivity index (χ3v) is 5.56. The van der Waals surface area contributed by atoms with Crippen molar-refractivity contribution in [1.82, 2.24) is 0 Å². The Labute approximate surface area is 155 Å². The van der Waals surface area contributed by atoms with Gasteiger partial charge in [-0.1, -0.05) is 92.4 Å². The van der Waals surface area contributed by atoms with Gasteiger partial charge in [-0.05, 0) is 30.1 Å². The molecule has 0 spiro atoms. The van der Waals surface area contributed by atoms with Gasteiger partial charge in [-0.25, -0.2) is 0 Å². The molecule has 0 aromatic rings. The fourth-order valence-corrected chi connectivity index (χ4v) is 3.54. The second kappa shape index (κ2) is 13.2. The van der Waals surface area contributed by atoms with Crippen molar-refractivity contribution in [2.75, 3.05) is 27.7 Å². The maximum Gasteiger partial charge on any atom is 0.0783 e. The van der Waals surface area contributed by atoms with Crippen molar-refractivity contribution in [3.8, 4) is 0 Å². The van der Waals surface area contributed by atoms with Crippen LogP contribution in [0.5, 0.6) is 0 Å². The van der Waals surface area contributed by atoms with E-state index in [0.29, 0.717) is 0 Å². The van der Waals surface area contributed by atoms with Crippen molar-refractivity contribution in [2.24, 2.45) is 23.7 Å². The van der Waals surface area contributed by atoms with Crippen molar-refractivity contribution in [3.05, 3.63) is 0 Å². The zero-order valence-electron chi connectivity index (χ0n) is 18.5. The molecule has 0 amide bonds. The first-order valence-electron chi connectivity index (χ1n) is 10.9. The van der Waals surface area contributed by atoms with Crippen LogP contribution in [-0.4, -0.2) is 32.2 Å². The topological polar surface area (TPSA) is 0 Å². The predicted octanol–water partition coefficient (Wildman–Crippen LogP) is 7.16. The lowest BCUT2D eigenvalue weighted by Gasteiger charge is -2.25. The number of hydrogen-bond donors (Lipinski definition) is 0. The number of hydrogen-bond acceptors (Lipinski definition) is 0. The van der Waals surface area contributed by atoms with E-state index in [9.17, 15) is 0 Å². The van der Waals surface area contributed by atoms with E-state index in [2.05, 4.69) is 55.8 Å². The Morgan fingerprint density at radius 3 is 1.17 bits per heavy atom. The van der Waals surface area contributed by atoms with Crippen LogP contribution >= 0.6 is 0 Å². The largest absolute Gasteiger partial charge is 0.331 e. The van der Waals surface area contributed by atoms with Crippen LogP contribution < -0.4 is 0 Å². The molecule has 146 valence electrons. The number of nitrogens with zero attached hydrogens (tertiary/aromatic N) is 1. The molecule has 0 N–H and O–H groups in total. The zero-order chi connectivity index (χ0) is 18.6. The minimum Gasteiger partial charge on any atom is -0.331 e. The van der Waals surface area contributed by atoms with Crippen LogP contribution in [0.4, 0.5) is 0 Å². The highest BCUT2D eigenvalue weighted by molar-refractivity contribution is 4.61. The maximum absolute atomic E-state index is 2.47. The highest BCUT2D eigenvalue weighted by Gasteiger charge is 2.11. The third-order valence-electron chi connectivity index (χ3n) is 5.56. The molecule has 0 aromatic heterocycles. The first kappa shape index (κ1) is 24.0. The third kappa shape index (κ3) is 16.8. The molecular formula is C23H50N+. The summed E-state index contributed by atoms with van der Waals surface area (Å²) in [4.78, 5) is 0. The van der Waals surface area contributed by atoms with Crippen LogP contribution in [0.15, 0.2) is 0 Å². The molecule has 0 aliphatic rings. The molecule has 0 saturated heterocycles. The van der Waals surface area contributed by atoms with Gasteiger partial charge in [0.15, 0.2) is 0 Å². The van der Waals surface area contributed by atoms with E-state index in [0.717, 1.165) is 28.2 Å². The van der Waals surface area contributed by atoms with Crippen molar-refractivity contribution >= 4 is 0 Å². The molecule has 0 saturated carbocycles. The fraction of sp³-hybridized carbons (Fsp3) is 1.00. The Morgan fingerprint density at radius 1 is 0.500 bits per heavy atom. The summed E-state index contributed by atoms with van der Waals surface area (Å²) < 4.78 is 1.11. The summed E-state index contributed by atoms with van der Waals surface area (Å²) in [7, 11) is 6.91. The average molecular weight is 341 g/mol. The molecule has 0 aliphatic heterocycles. The number of quaternary nitrogens is 1. The van der Waals surface area contributed by atoms with Gasteiger partial charge in [0.05, 0.1) is 27.7 Å². The molecule has 0 radical (unpaired) electrons. The fourth-order valence-electron chi connectivity index (χ4n) is 3.54. The standard InChI is InChI=1S/C23H50N/c1-20(2)12-9-13-21(3)14-10-15-22(4)16-11-17-23(5)18-19-24(6,7)8/h20-23H,9-19H2,1-8H3/q+1/t21-,22-,23+/m1/s1. The molecular weight excluding hydrogens is 290 g/mol. The summed E-state index contributed by atoms with van der Waals surface area (Å²) in [5, 5.41) is 0. The summed E-state index contributed by atoms with van der Waals surface area (Å²) >= 11 is 0. The molecule has 1 heteroatoms. The molecule has 0 rings (SSSR count). The Hall–Kier alpha value is -0.0400. The average Bonchev–Trinajstić information content (AvgIpc) is 2.44. The Bertz CT molecular complexity index is 276. The minimum absolute atomic E-state index is 0.877. The van der Waals surface area contributed by atoms with Crippen molar-refractivity contribution in [2.45, 2.75) is 98.8 Å². The predicted molar refractivity (Wildman–Crippen MR) is 111 cm³/mol. The van der Waals surface area contributed by atoms with Gasteiger partial charge in [0.1, 0.15) is 0 Å². The first-order valence-corrected chi connectivity index (χ1v) is 10.9. The molecule has 1 nitrogen and oxygen atoms in total. The van der Waals surface area contributed by atoms with Gasteiger partial charge in [-0.2, -0.15) is 0 Å². The monoisotopic (exact) mass is 340 g/mol. The molecule has 3 atom stereocenters. The second-order valence-corrected chi connectivity index (χ2v) is 10.3. The molecule has 0 aromatic carbocycles. The highest BCUT2D eigenvalue weighted by atomic mass is 15.3. The van der Waals surface area contributed by atoms with Crippen LogP contribution in [0.1, 0.15) is 98.8 Å². The Morgan fingerprint density at radius 2 is 0.833 bits per heavy atom. The summed E-state index contributed by atoms with van der Waals surface area (Å²) in [6.07, 6.45) is 14.3. The second-order valence-electron chi connectivity index (χ2n) is 10.3. The quantitative estimate of drug-likeness (QED) is 0.277. The van der Waals surface area contributed by atoms with Gasteiger partial charge in [0.2, 0.25) is 0 Å². The van der Waals surface area contributed by atoms with E-state index in [-0.39, 0.29) is 0 Å². The smallest absolute Gasteiger partial charge is 0.0783 e. The van der Waals surface area contributed by atoms with Crippen molar-refractivity contribution < 1.29 is 4.48 Å². The van der Waals surface area contributed by atoms with Gasteiger partial charge in [-0.15, -0.1) is 0 Å². The van der Waals surface area contributed by atoms with E-state index in [1.165, 1.54) is 70.8 Å². The minimum atomic E-state index is 0.877. The van der Waals surface area contributed by atoms with Gasteiger partial charge in [-0.3, -0.25) is 0 Å². The van der Waals surface area contributed by atoms with E-state index >= 15 is 0 Å². The van der Waals surface area contributed by atoms with Crippen molar-refractivity contribution in [1.29, 1.82) is 0 Å². The van der Waals surface area contributed by atoms with Gasteiger partial charge in [0, 0.05) is 0 Å². The van der Waals surface area contributed by atoms with E-state index in [1.807, 2.05) is 0 Å². The van der Waals surface area contributed by atoms with E-state index in [4.69, 9.17) is 0 Å². The van der Waals surface area contributed by atoms with Crippen molar-refractivity contribution in [3.63, 3.8) is 0 Å². The summed E-state index contributed by atoms with van der Waals surface area (Å²) in [6, 6.07) is 0. The Balaban J connectivity index is 3.57. The lowest BCUT2D eigenvalue weighted by atomic mass is 9.90. The molecule has 0 unspecified atom stereocenters. The van der Waals surface area contributed by atoms with Gasteiger partial charge < -0.3 is 4.48 Å². The first-order chi connectivity index (χ1) is 11.1. The van der Waals surface area contributed by atoms with E-state index in [1.54, 1.807) is 0 Å².